The molecule has 0 aliphatic heterocycles. The lowest BCUT2D eigenvalue weighted by atomic mass is 10.2. The van der Waals surface area contributed by atoms with Gasteiger partial charge in [0.2, 0.25) is 0 Å². The molecule has 0 radical (unpaired) electrons. The minimum absolute atomic E-state index is 0.629. The van der Waals surface area contributed by atoms with E-state index in [1.807, 2.05) is 25.1 Å². The van der Waals surface area contributed by atoms with Crippen LogP contribution in [-0.4, -0.2) is 13.7 Å². The van der Waals surface area contributed by atoms with Crippen LogP contribution < -0.4 is 14.8 Å². The number of halogens is 1. The predicted octanol–water partition coefficient (Wildman–Crippen LogP) is 4.31. The molecule has 0 atom stereocenters. The number of benzene rings is 2. The molecular weight excluding hydrogens is 365 g/mol. The van der Waals surface area contributed by atoms with Gasteiger partial charge in [-0.15, -0.1) is 0 Å². The quantitative estimate of drug-likeness (QED) is 0.755. The van der Waals surface area contributed by atoms with Crippen LogP contribution in [0, 0.1) is 3.57 Å². The molecule has 0 heterocycles. The van der Waals surface area contributed by atoms with E-state index in [9.17, 15) is 0 Å². The van der Waals surface area contributed by atoms with Crippen molar-refractivity contribution in [1.82, 2.24) is 0 Å². The van der Waals surface area contributed by atoms with E-state index in [2.05, 4.69) is 52.2 Å². The van der Waals surface area contributed by atoms with Gasteiger partial charge in [0.05, 0.1) is 13.7 Å². The Kier molecular flexibility index (Phi) is 5.52. The molecule has 0 aliphatic carbocycles. The second-order valence-electron chi connectivity index (χ2n) is 4.28. The first-order valence-electron chi connectivity index (χ1n) is 6.52. The molecule has 106 valence electrons. The molecule has 0 fully saturated rings. The number of rotatable bonds is 6. The van der Waals surface area contributed by atoms with Crippen LogP contribution in [0.25, 0.3) is 0 Å². The Balaban J connectivity index is 2.05. The van der Waals surface area contributed by atoms with Crippen molar-refractivity contribution in [3.05, 3.63) is 51.6 Å². The third-order valence-corrected chi connectivity index (χ3v) is 3.59. The largest absolute Gasteiger partial charge is 0.493 e. The van der Waals surface area contributed by atoms with Gasteiger partial charge in [0.25, 0.3) is 0 Å². The smallest absolute Gasteiger partial charge is 0.161 e. The summed E-state index contributed by atoms with van der Waals surface area (Å²) in [6.07, 6.45) is 0. The highest BCUT2D eigenvalue weighted by Gasteiger charge is 2.05. The third kappa shape index (κ3) is 4.03. The van der Waals surface area contributed by atoms with Crippen LogP contribution in [0.15, 0.2) is 42.5 Å². The average Bonchev–Trinajstić information content (AvgIpc) is 2.47. The molecule has 0 aliphatic rings. The van der Waals surface area contributed by atoms with Crippen molar-refractivity contribution in [2.75, 3.05) is 19.0 Å². The highest BCUT2D eigenvalue weighted by atomic mass is 127. The van der Waals surface area contributed by atoms with Crippen molar-refractivity contribution in [3.63, 3.8) is 0 Å². The molecule has 4 heteroatoms. The molecule has 0 amide bonds. The molecule has 1 N–H and O–H groups in total. The zero-order valence-corrected chi connectivity index (χ0v) is 13.8. The fourth-order valence-electron chi connectivity index (χ4n) is 1.87. The number of methoxy groups -OCH3 is 1. The highest BCUT2D eigenvalue weighted by Crippen LogP contribution is 2.28. The molecule has 0 spiro atoms. The lowest BCUT2D eigenvalue weighted by molar-refractivity contribution is 0.310. The van der Waals surface area contributed by atoms with Gasteiger partial charge in [-0.2, -0.15) is 0 Å². The van der Waals surface area contributed by atoms with Crippen LogP contribution in [0.4, 0.5) is 5.69 Å². The number of nitrogens with one attached hydrogen (secondary N) is 1. The maximum atomic E-state index is 5.58. The lowest BCUT2D eigenvalue weighted by Crippen LogP contribution is -2.01. The van der Waals surface area contributed by atoms with Gasteiger partial charge in [0.15, 0.2) is 11.5 Å². The van der Waals surface area contributed by atoms with E-state index < -0.39 is 0 Å². The van der Waals surface area contributed by atoms with Gasteiger partial charge in [0.1, 0.15) is 0 Å². The number of hydrogen-bond donors (Lipinski definition) is 1. The van der Waals surface area contributed by atoms with Crippen molar-refractivity contribution in [1.29, 1.82) is 0 Å². The van der Waals surface area contributed by atoms with E-state index in [0.29, 0.717) is 6.61 Å². The zero-order chi connectivity index (χ0) is 14.4. The van der Waals surface area contributed by atoms with Crippen LogP contribution in [0.2, 0.25) is 0 Å². The minimum atomic E-state index is 0.629. The van der Waals surface area contributed by atoms with Crippen LogP contribution in [0.1, 0.15) is 12.5 Å². The minimum Gasteiger partial charge on any atom is -0.493 e. The molecule has 0 aromatic heterocycles. The standard InChI is InChI=1S/C16H18INO2/c1-3-20-16-10-12(4-9-15(16)19-2)11-18-14-7-5-13(17)6-8-14/h4-10,18H,3,11H2,1-2H3. The fraction of sp³-hybridized carbons (Fsp3) is 0.250. The molecule has 2 aromatic carbocycles. The molecule has 3 nitrogen and oxygen atoms in total. The summed E-state index contributed by atoms with van der Waals surface area (Å²) in [7, 11) is 1.65. The molecule has 2 rings (SSSR count). The maximum Gasteiger partial charge on any atom is 0.161 e. The first-order valence-corrected chi connectivity index (χ1v) is 7.60. The molecule has 0 saturated heterocycles. The molecule has 0 bridgehead atoms. The van der Waals surface area contributed by atoms with Gasteiger partial charge < -0.3 is 14.8 Å². The fourth-order valence-corrected chi connectivity index (χ4v) is 2.23. The Morgan fingerprint density at radius 3 is 2.45 bits per heavy atom. The van der Waals surface area contributed by atoms with Gasteiger partial charge in [-0.3, -0.25) is 0 Å². The zero-order valence-electron chi connectivity index (χ0n) is 11.7. The van der Waals surface area contributed by atoms with Crippen LogP contribution in [-0.2, 0) is 6.54 Å². The topological polar surface area (TPSA) is 30.5 Å². The Labute approximate surface area is 133 Å². The van der Waals surface area contributed by atoms with Gasteiger partial charge in [0, 0.05) is 15.8 Å². The highest BCUT2D eigenvalue weighted by molar-refractivity contribution is 14.1. The second kappa shape index (κ2) is 7.38. The summed E-state index contributed by atoms with van der Waals surface area (Å²) < 4.78 is 12.1. The monoisotopic (exact) mass is 383 g/mol. The second-order valence-corrected chi connectivity index (χ2v) is 5.52. The van der Waals surface area contributed by atoms with E-state index in [1.54, 1.807) is 7.11 Å². The van der Waals surface area contributed by atoms with Gasteiger partial charge >= 0.3 is 0 Å². The van der Waals surface area contributed by atoms with Gasteiger partial charge in [-0.1, -0.05) is 6.07 Å². The summed E-state index contributed by atoms with van der Waals surface area (Å²) in [4.78, 5) is 0. The Morgan fingerprint density at radius 2 is 1.80 bits per heavy atom. The summed E-state index contributed by atoms with van der Waals surface area (Å²) >= 11 is 2.30. The molecule has 2 aromatic rings. The molecular formula is C16H18INO2. The van der Waals surface area contributed by atoms with E-state index in [0.717, 1.165) is 29.3 Å². The van der Waals surface area contributed by atoms with Crippen LogP contribution in [0.3, 0.4) is 0 Å². The van der Waals surface area contributed by atoms with Crippen molar-refractivity contribution in [2.45, 2.75) is 13.5 Å². The third-order valence-electron chi connectivity index (χ3n) is 2.87. The normalized spacial score (nSPS) is 10.2. The Bertz CT molecular complexity index is 555. The van der Waals surface area contributed by atoms with Crippen molar-refractivity contribution in [2.24, 2.45) is 0 Å². The van der Waals surface area contributed by atoms with Crippen LogP contribution >= 0.6 is 22.6 Å². The SMILES string of the molecule is CCOc1cc(CNc2ccc(I)cc2)ccc1OC. The summed E-state index contributed by atoms with van der Waals surface area (Å²) in [6, 6.07) is 14.3. The summed E-state index contributed by atoms with van der Waals surface area (Å²) in [6.45, 7) is 3.35. The lowest BCUT2D eigenvalue weighted by Gasteiger charge is -2.12. The molecule has 20 heavy (non-hydrogen) atoms. The summed E-state index contributed by atoms with van der Waals surface area (Å²) in [5, 5.41) is 3.40. The summed E-state index contributed by atoms with van der Waals surface area (Å²) in [5.41, 5.74) is 2.27. The van der Waals surface area contributed by atoms with Crippen molar-refractivity contribution >= 4 is 28.3 Å². The average molecular weight is 383 g/mol. The van der Waals surface area contributed by atoms with Crippen LogP contribution in [0.5, 0.6) is 11.5 Å². The van der Waals surface area contributed by atoms with Gasteiger partial charge in [-0.25, -0.2) is 0 Å². The Morgan fingerprint density at radius 1 is 1.05 bits per heavy atom. The van der Waals surface area contributed by atoms with Crippen molar-refractivity contribution < 1.29 is 9.47 Å². The number of ether oxygens (including phenoxy) is 2. The Hall–Kier alpha value is -1.43. The summed E-state index contributed by atoms with van der Waals surface area (Å²) in [5.74, 6) is 1.56. The van der Waals surface area contributed by atoms with E-state index >= 15 is 0 Å². The van der Waals surface area contributed by atoms with E-state index in [-0.39, 0.29) is 0 Å². The first kappa shape index (κ1) is 15.0. The van der Waals surface area contributed by atoms with Crippen molar-refractivity contribution in [3.8, 4) is 11.5 Å². The maximum absolute atomic E-state index is 5.58. The molecule has 0 unspecified atom stereocenters. The van der Waals surface area contributed by atoms with E-state index in [1.165, 1.54) is 3.57 Å². The molecule has 0 saturated carbocycles. The van der Waals surface area contributed by atoms with Gasteiger partial charge in [-0.05, 0) is 71.5 Å². The number of anilines is 1. The van der Waals surface area contributed by atoms with E-state index in [4.69, 9.17) is 9.47 Å². The first-order chi connectivity index (χ1) is 9.72. The predicted molar refractivity (Wildman–Crippen MR) is 90.6 cm³/mol. The number of hydrogen-bond acceptors (Lipinski definition) is 3.